The molecule has 0 saturated carbocycles. The Kier molecular flexibility index (Phi) is 6.17. The lowest BCUT2D eigenvalue weighted by atomic mass is 9.95. The molecule has 7 heteroatoms. The minimum atomic E-state index is -2.89. The molecule has 0 atom stereocenters. The van der Waals surface area contributed by atoms with Gasteiger partial charge in [0.25, 0.3) is 12.3 Å². The molecule has 0 fully saturated rings. The minimum Gasteiger partial charge on any atom is -0.320 e. The predicted octanol–water partition coefficient (Wildman–Crippen LogP) is 5.18. The number of alkyl halides is 2. The SMILES string of the molecule is Cn1cc(C(=O)Nc2c(C#CC(C)(C)C#N)cccc2-c2ccccc2)c(C(F)F)n1. The molecule has 0 aliphatic heterocycles. The summed E-state index contributed by atoms with van der Waals surface area (Å²) in [4.78, 5) is 12.9. The van der Waals surface area contributed by atoms with Crippen LogP contribution in [0.5, 0.6) is 0 Å². The first-order chi connectivity index (χ1) is 14.7. The lowest BCUT2D eigenvalue weighted by Crippen LogP contribution is -2.15. The number of nitrogens with zero attached hydrogens (tertiary/aromatic N) is 3. The first-order valence-corrected chi connectivity index (χ1v) is 9.48. The van der Waals surface area contributed by atoms with E-state index in [2.05, 4.69) is 28.3 Å². The Bertz CT molecular complexity index is 1210. The number of carbonyl (C=O) groups is 1. The van der Waals surface area contributed by atoms with Gasteiger partial charge in [-0.25, -0.2) is 8.78 Å². The summed E-state index contributed by atoms with van der Waals surface area (Å²) in [7, 11) is 1.47. The zero-order valence-corrected chi connectivity index (χ0v) is 17.3. The number of amides is 1. The quantitative estimate of drug-likeness (QED) is 0.594. The molecule has 0 aliphatic carbocycles. The molecule has 0 radical (unpaired) electrons. The van der Waals surface area contributed by atoms with Crippen molar-refractivity contribution in [1.82, 2.24) is 9.78 Å². The first-order valence-electron chi connectivity index (χ1n) is 9.48. The Morgan fingerprint density at radius 1 is 1.16 bits per heavy atom. The fourth-order valence-electron chi connectivity index (χ4n) is 2.92. The molecule has 3 aromatic rings. The highest BCUT2D eigenvalue weighted by Gasteiger charge is 2.24. The summed E-state index contributed by atoms with van der Waals surface area (Å²) in [5.41, 5.74) is 0.659. The zero-order chi connectivity index (χ0) is 22.6. The van der Waals surface area contributed by atoms with Gasteiger partial charge in [-0.15, -0.1) is 0 Å². The highest BCUT2D eigenvalue weighted by molar-refractivity contribution is 6.08. The number of hydrogen-bond acceptors (Lipinski definition) is 3. The second-order valence-electron chi connectivity index (χ2n) is 7.44. The molecule has 31 heavy (non-hydrogen) atoms. The van der Waals surface area contributed by atoms with E-state index in [-0.39, 0.29) is 5.56 Å². The monoisotopic (exact) mass is 418 g/mol. The second kappa shape index (κ2) is 8.81. The van der Waals surface area contributed by atoms with Crippen molar-refractivity contribution in [2.75, 3.05) is 5.32 Å². The molecule has 1 amide bonds. The molecule has 5 nitrogen and oxygen atoms in total. The maximum absolute atomic E-state index is 13.3. The summed E-state index contributed by atoms with van der Waals surface area (Å²) in [6.07, 6.45) is -1.63. The van der Waals surface area contributed by atoms with Crippen molar-refractivity contribution in [3.8, 4) is 29.0 Å². The number of anilines is 1. The van der Waals surface area contributed by atoms with E-state index in [9.17, 15) is 18.8 Å². The molecule has 156 valence electrons. The Morgan fingerprint density at radius 3 is 2.52 bits per heavy atom. The smallest absolute Gasteiger partial charge is 0.282 e. The number of benzene rings is 2. The number of aromatic nitrogens is 2. The highest BCUT2D eigenvalue weighted by Crippen LogP contribution is 2.32. The van der Waals surface area contributed by atoms with E-state index < -0.39 is 23.4 Å². The van der Waals surface area contributed by atoms with Gasteiger partial charge in [-0.1, -0.05) is 54.3 Å². The third-order valence-corrected chi connectivity index (χ3v) is 4.49. The van der Waals surface area contributed by atoms with Gasteiger partial charge in [-0.3, -0.25) is 9.48 Å². The lowest BCUT2D eigenvalue weighted by molar-refractivity contribution is 0.101. The Morgan fingerprint density at radius 2 is 1.87 bits per heavy atom. The summed E-state index contributed by atoms with van der Waals surface area (Å²) < 4.78 is 27.9. The van der Waals surface area contributed by atoms with Crippen LogP contribution < -0.4 is 5.32 Å². The van der Waals surface area contributed by atoms with Gasteiger partial charge in [-0.05, 0) is 25.5 Å². The minimum absolute atomic E-state index is 0.211. The topological polar surface area (TPSA) is 70.7 Å². The predicted molar refractivity (Wildman–Crippen MR) is 114 cm³/mol. The lowest BCUT2D eigenvalue weighted by Gasteiger charge is -2.14. The molecule has 0 unspecified atom stereocenters. The van der Waals surface area contributed by atoms with Crippen molar-refractivity contribution in [1.29, 1.82) is 5.26 Å². The van der Waals surface area contributed by atoms with E-state index in [0.29, 0.717) is 16.8 Å². The van der Waals surface area contributed by atoms with Crippen LogP contribution in [0.3, 0.4) is 0 Å². The van der Waals surface area contributed by atoms with Crippen molar-refractivity contribution in [2.24, 2.45) is 12.5 Å². The van der Waals surface area contributed by atoms with Crippen LogP contribution in [-0.2, 0) is 7.05 Å². The molecule has 0 saturated heterocycles. The average molecular weight is 418 g/mol. The summed E-state index contributed by atoms with van der Waals surface area (Å²) in [5, 5.41) is 15.7. The fraction of sp³-hybridized carbons (Fsp3) is 0.208. The molecular formula is C24H20F2N4O. The van der Waals surface area contributed by atoms with Gasteiger partial charge in [0.05, 0.1) is 17.3 Å². The van der Waals surface area contributed by atoms with Crippen molar-refractivity contribution in [2.45, 2.75) is 20.3 Å². The molecule has 1 aromatic heterocycles. The number of para-hydroxylation sites is 1. The number of hydrogen-bond donors (Lipinski definition) is 1. The van der Waals surface area contributed by atoms with Crippen LogP contribution in [0.25, 0.3) is 11.1 Å². The normalized spacial score (nSPS) is 10.9. The zero-order valence-electron chi connectivity index (χ0n) is 17.3. The number of carbonyl (C=O) groups excluding carboxylic acids is 1. The number of aryl methyl sites for hydroxylation is 1. The molecule has 0 spiro atoms. The van der Waals surface area contributed by atoms with E-state index in [0.717, 1.165) is 5.56 Å². The third kappa shape index (κ3) is 4.96. The van der Waals surface area contributed by atoms with Crippen molar-refractivity contribution in [3.63, 3.8) is 0 Å². The van der Waals surface area contributed by atoms with E-state index in [1.165, 1.54) is 17.9 Å². The highest BCUT2D eigenvalue weighted by atomic mass is 19.3. The summed E-state index contributed by atoms with van der Waals surface area (Å²) in [5.74, 6) is 5.14. The average Bonchev–Trinajstić information content (AvgIpc) is 3.16. The standard InChI is InChI=1S/C24H20F2N4O/c1-24(2,15-27)13-12-17-10-7-11-18(16-8-5-4-6-9-16)20(17)28-23(31)19-14-30(3)29-21(19)22(25)26/h4-11,14,22H,1-3H3,(H,28,31). The summed E-state index contributed by atoms with van der Waals surface area (Å²) in [6, 6.07) is 16.7. The van der Waals surface area contributed by atoms with Crippen molar-refractivity contribution < 1.29 is 13.6 Å². The summed E-state index contributed by atoms with van der Waals surface area (Å²) >= 11 is 0. The Labute approximate surface area is 179 Å². The number of nitrogens with one attached hydrogen (secondary N) is 1. The van der Waals surface area contributed by atoms with Crippen molar-refractivity contribution in [3.05, 3.63) is 71.5 Å². The number of nitriles is 1. The van der Waals surface area contributed by atoms with E-state index in [1.807, 2.05) is 36.4 Å². The molecule has 0 bridgehead atoms. The van der Waals surface area contributed by atoms with Crippen molar-refractivity contribution >= 4 is 11.6 Å². The van der Waals surface area contributed by atoms with E-state index in [1.54, 1.807) is 26.0 Å². The number of halogens is 2. The van der Waals surface area contributed by atoms with E-state index in [4.69, 9.17) is 0 Å². The van der Waals surface area contributed by atoms with Crippen LogP contribution in [0.4, 0.5) is 14.5 Å². The largest absolute Gasteiger partial charge is 0.320 e. The molecule has 1 heterocycles. The van der Waals surface area contributed by atoms with Crippen LogP contribution in [0.2, 0.25) is 0 Å². The van der Waals surface area contributed by atoms with Gasteiger partial charge in [0.2, 0.25) is 0 Å². The van der Waals surface area contributed by atoms with Crippen LogP contribution in [-0.4, -0.2) is 15.7 Å². The molecule has 0 aliphatic rings. The van der Waals surface area contributed by atoms with Crippen LogP contribution in [0, 0.1) is 28.6 Å². The molecule has 2 aromatic carbocycles. The number of rotatable bonds is 4. The third-order valence-electron chi connectivity index (χ3n) is 4.49. The molecular weight excluding hydrogens is 398 g/mol. The maximum atomic E-state index is 13.3. The van der Waals surface area contributed by atoms with Gasteiger partial charge >= 0.3 is 0 Å². The van der Waals surface area contributed by atoms with Crippen LogP contribution >= 0.6 is 0 Å². The fourth-order valence-corrected chi connectivity index (χ4v) is 2.92. The van der Waals surface area contributed by atoms with Gasteiger partial charge in [0, 0.05) is 24.4 Å². The van der Waals surface area contributed by atoms with Gasteiger partial charge < -0.3 is 5.32 Å². The van der Waals surface area contributed by atoms with Crippen LogP contribution in [0.1, 0.15) is 41.9 Å². The van der Waals surface area contributed by atoms with Gasteiger partial charge in [0.15, 0.2) is 0 Å². The second-order valence-corrected chi connectivity index (χ2v) is 7.44. The first kappa shape index (κ1) is 21.7. The summed E-state index contributed by atoms with van der Waals surface area (Å²) in [6.45, 7) is 3.37. The Balaban J connectivity index is 2.13. The van der Waals surface area contributed by atoms with Gasteiger partial charge in [-0.2, -0.15) is 10.4 Å². The molecule has 1 N–H and O–H groups in total. The van der Waals surface area contributed by atoms with Crippen LogP contribution in [0.15, 0.2) is 54.7 Å². The van der Waals surface area contributed by atoms with Gasteiger partial charge in [0.1, 0.15) is 11.1 Å². The molecule has 3 rings (SSSR count). The Hall–Kier alpha value is -3.97. The maximum Gasteiger partial charge on any atom is 0.282 e. The van der Waals surface area contributed by atoms with E-state index >= 15 is 0 Å².